The molecule has 1 heterocycles. The highest BCUT2D eigenvalue weighted by molar-refractivity contribution is 7.91. The van der Waals surface area contributed by atoms with E-state index in [1.807, 2.05) is 26.0 Å². The molecule has 0 saturated carbocycles. The van der Waals surface area contributed by atoms with Gasteiger partial charge in [0.15, 0.2) is 9.84 Å². The van der Waals surface area contributed by atoms with E-state index in [0.29, 0.717) is 17.7 Å². The van der Waals surface area contributed by atoms with Crippen LogP contribution in [0.15, 0.2) is 40.1 Å². The average molecular weight is 422 g/mol. The Hall–Kier alpha value is -1.70. The second-order valence-corrected chi connectivity index (χ2v) is 11.7. The van der Waals surface area contributed by atoms with Crippen LogP contribution in [0.1, 0.15) is 46.7 Å². The highest BCUT2D eigenvalue weighted by Gasteiger charge is 2.38. The molecule has 0 aromatic heterocycles. The molecule has 7 heteroatoms. The van der Waals surface area contributed by atoms with Crippen LogP contribution < -0.4 is 0 Å². The Balaban J connectivity index is 2.14. The Morgan fingerprint density at radius 2 is 1.36 bits per heavy atom. The fourth-order valence-corrected chi connectivity index (χ4v) is 7.28. The lowest BCUT2D eigenvalue weighted by molar-refractivity contribution is 0.396. The molecule has 0 radical (unpaired) electrons. The van der Waals surface area contributed by atoms with Gasteiger partial charge in [0, 0.05) is 12.8 Å². The number of rotatable bonds is 4. The molecule has 1 aliphatic rings. The van der Waals surface area contributed by atoms with Crippen molar-refractivity contribution in [1.82, 2.24) is 4.31 Å². The van der Waals surface area contributed by atoms with E-state index < -0.39 is 19.9 Å². The summed E-state index contributed by atoms with van der Waals surface area (Å²) in [6.07, 6.45) is 2.64. The van der Waals surface area contributed by atoms with Crippen LogP contribution in [0.2, 0.25) is 0 Å². The lowest BCUT2D eigenvalue weighted by Gasteiger charge is -2.26. The van der Waals surface area contributed by atoms with Crippen LogP contribution in [0.5, 0.6) is 0 Å². The van der Waals surface area contributed by atoms with Gasteiger partial charge in [0.2, 0.25) is 10.0 Å². The largest absolute Gasteiger partial charge is 0.243 e. The number of benzene rings is 2. The van der Waals surface area contributed by atoms with Gasteiger partial charge in [0.05, 0.1) is 15.8 Å². The highest BCUT2D eigenvalue weighted by Crippen LogP contribution is 2.38. The van der Waals surface area contributed by atoms with Crippen molar-refractivity contribution in [1.29, 1.82) is 0 Å². The van der Waals surface area contributed by atoms with Crippen molar-refractivity contribution in [3.63, 3.8) is 0 Å². The lowest BCUT2D eigenvalue weighted by Crippen LogP contribution is -2.31. The van der Waals surface area contributed by atoms with E-state index >= 15 is 0 Å². The number of nitrogens with zero attached hydrogens (tertiary/aromatic N) is 1. The van der Waals surface area contributed by atoms with E-state index in [4.69, 9.17) is 0 Å². The van der Waals surface area contributed by atoms with Crippen LogP contribution >= 0.6 is 0 Å². The molecule has 0 N–H and O–H groups in total. The van der Waals surface area contributed by atoms with Gasteiger partial charge in [0.1, 0.15) is 0 Å². The second kappa shape index (κ2) is 7.28. The van der Waals surface area contributed by atoms with E-state index in [-0.39, 0.29) is 15.8 Å². The molecule has 1 fully saturated rings. The van der Waals surface area contributed by atoms with Gasteiger partial charge in [-0.2, -0.15) is 4.31 Å². The Bertz CT molecular complexity index is 1110. The number of sulfonamides is 1. The first-order chi connectivity index (χ1) is 12.9. The van der Waals surface area contributed by atoms with Gasteiger partial charge in [-0.3, -0.25) is 0 Å². The van der Waals surface area contributed by atoms with Crippen molar-refractivity contribution in [3.8, 4) is 0 Å². The minimum Gasteiger partial charge on any atom is -0.224 e. The van der Waals surface area contributed by atoms with Crippen molar-refractivity contribution in [2.24, 2.45) is 0 Å². The molecule has 1 atom stereocenters. The summed E-state index contributed by atoms with van der Waals surface area (Å²) in [5.74, 6) is 0. The number of aryl methyl sites for hydroxylation is 3. The first kappa shape index (κ1) is 21.0. The molecule has 1 unspecified atom stereocenters. The maximum Gasteiger partial charge on any atom is 0.243 e. The van der Waals surface area contributed by atoms with Crippen molar-refractivity contribution < 1.29 is 16.8 Å². The lowest BCUT2D eigenvalue weighted by atomic mass is 10.0. The van der Waals surface area contributed by atoms with Crippen LogP contribution in [0.25, 0.3) is 0 Å². The smallest absolute Gasteiger partial charge is 0.224 e. The second-order valence-electron chi connectivity index (χ2n) is 7.85. The molecule has 5 nitrogen and oxygen atoms in total. The summed E-state index contributed by atoms with van der Waals surface area (Å²) in [7, 11) is -7.35. The van der Waals surface area contributed by atoms with E-state index in [9.17, 15) is 16.8 Å². The summed E-state index contributed by atoms with van der Waals surface area (Å²) in [6.45, 7) is 7.74. The van der Waals surface area contributed by atoms with E-state index in [1.165, 1.54) is 10.4 Å². The van der Waals surface area contributed by atoms with Crippen LogP contribution in [0, 0.1) is 27.7 Å². The first-order valence-electron chi connectivity index (χ1n) is 9.32. The Labute approximate surface area is 168 Å². The average Bonchev–Trinajstić information content (AvgIpc) is 3.05. The van der Waals surface area contributed by atoms with Gasteiger partial charge >= 0.3 is 0 Å². The SMILES string of the molecule is Cc1cc(C)cc(C2CCCN2S(=O)(=O)c2cc(C)cc(S(C)(=O)=O)c2C)c1. The van der Waals surface area contributed by atoms with Crippen LogP contribution in [-0.2, 0) is 19.9 Å². The molecule has 28 heavy (non-hydrogen) atoms. The number of hydrogen-bond acceptors (Lipinski definition) is 4. The van der Waals surface area contributed by atoms with Crippen LogP contribution in [0.4, 0.5) is 0 Å². The van der Waals surface area contributed by atoms with Gasteiger partial charge in [-0.25, -0.2) is 16.8 Å². The third-order valence-corrected chi connectivity index (χ3v) is 8.53. The van der Waals surface area contributed by atoms with Gasteiger partial charge in [-0.1, -0.05) is 29.3 Å². The van der Waals surface area contributed by atoms with Gasteiger partial charge in [-0.15, -0.1) is 0 Å². The fourth-order valence-electron chi connectivity index (χ4n) is 4.14. The highest BCUT2D eigenvalue weighted by atomic mass is 32.2. The topological polar surface area (TPSA) is 71.5 Å². The summed E-state index contributed by atoms with van der Waals surface area (Å²) in [5, 5.41) is 0. The quantitative estimate of drug-likeness (QED) is 0.752. The zero-order valence-electron chi connectivity index (χ0n) is 17.0. The van der Waals surface area contributed by atoms with Crippen molar-refractivity contribution >= 4 is 19.9 Å². The molecule has 3 rings (SSSR count). The Morgan fingerprint density at radius 3 is 1.93 bits per heavy atom. The zero-order valence-corrected chi connectivity index (χ0v) is 18.6. The van der Waals surface area contributed by atoms with Crippen LogP contribution in [0.3, 0.4) is 0 Å². The molecule has 1 saturated heterocycles. The summed E-state index contributed by atoms with van der Waals surface area (Å²) in [5.41, 5.74) is 4.11. The molecule has 0 amide bonds. The summed E-state index contributed by atoms with van der Waals surface area (Å²) in [4.78, 5) is 0.164. The normalized spacial score (nSPS) is 18.5. The maximum absolute atomic E-state index is 13.6. The molecule has 2 aromatic carbocycles. The number of sulfone groups is 1. The summed E-state index contributed by atoms with van der Waals surface area (Å²) >= 11 is 0. The molecule has 0 bridgehead atoms. The van der Waals surface area contributed by atoms with E-state index in [1.54, 1.807) is 19.9 Å². The minimum atomic E-state index is -3.83. The predicted molar refractivity (Wildman–Crippen MR) is 111 cm³/mol. The fraction of sp³-hybridized carbons (Fsp3) is 0.429. The Morgan fingerprint density at radius 1 is 0.821 bits per heavy atom. The monoisotopic (exact) mass is 421 g/mol. The van der Waals surface area contributed by atoms with Gasteiger partial charge in [-0.05, 0) is 69.4 Å². The van der Waals surface area contributed by atoms with E-state index in [2.05, 4.69) is 6.07 Å². The molecule has 152 valence electrons. The van der Waals surface area contributed by atoms with Gasteiger partial charge < -0.3 is 0 Å². The van der Waals surface area contributed by atoms with Gasteiger partial charge in [0.25, 0.3) is 0 Å². The molecule has 2 aromatic rings. The van der Waals surface area contributed by atoms with E-state index in [0.717, 1.165) is 35.8 Å². The molecular formula is C21H27NO4S2. The summed E-state index contributed by atoms with van der Waals surface area (Å²) in [6, 6.07) is 9.03. The first-order valence-corrected chi connectivity index (χ1v) is 12.7. The molecular weight excluding hydrogens is 394 g/mol. The predicted octanol–water partition coefficient (Wildman–Crippen LogP) is 3.85. The molecule has 0 spiro atoms. The third kappa shape index (κ3) is 3.88. The summed E-state index contributed by atoms with van der Waals surface area (Å²) < 4.78 is 53.0. The van der Waals surface area contributed by atoms with Crippen molar-refractivity contribution in [2.75, 3.05) is 12.8 Å². The standard InChI is InChI=1S/C21H27NO4S2/c1-14-9-15(2)11-18(10-14)19-7-6-8-22(19)28(25,26)21-13-16(3)12-20(17(21)4)27(5,23)24/h9-13,19H,6-8H2,1-5H3. The van der Waals surface area contributed by atoms with Crippen molar-refractivity contribution in [3.05, 3.63) is 58.1 Å². The van der Waals surface area contributed by atoms with Crippen molar-refractivity contribution in [2.45, 2.75) is 56.4 Å². The number of hydrogen-bond donors (Lipinski definition) is 0. The minimum absolute atomic E-state index is 0.0771. The Kier molecular flexibility index (Phi) is 5.47. The maximum atomic E-state index is 13.6. The third-order valence-electron chi connectivity index (χ3n) is 5.28. The van der Waals surface area contributed by atoms with Crippen LogP contribution in [-0.4, -0.2) is 33.9 Å². The zero-order chi connectivity index (χ0) is 20.9. The molecule has 1 aliphatic heterocycles. The molecule has 0 aliphatic carbocycles.